The van der Waals surface area contributed by atoms with Crippen molar-refractivity contribution in [2.45, 2.75) is 11.5 Å². The van der Waals surface area contributed by atoms with Gasteiger partial charge >= 0.3 is 5.97 Å². The molecule has 0 aliphatic carbocycles. The largest absolute Gasteiger partial charge is 0.460 e. The van der Waals surface area contributed by atoms with Gasteiger partial charge in [0.1, 0.15) is 19.0 Å². The van der Waals surface area contributed by atoms with Crippen molar-refractivity contribution in [2.75, 3.05) is 6.54 Å². The number of halogens is 2. The van der Waals surface area contributed by atoms with E-state index >= 15 is 0 Å². The van der Waals surface area contributed by atoms with Crippen LogP contribution in [0.2, 0.25) is 5.02 Å². The number of carbonyl (C=O) groups is 1. The van der Waals surface area contributed by atoms with Crippen molar-refractivity contribution in [3.8, 4) is 0 Å². The Morgan fingerprint density at radius 1 is 1.17 bits per heavy atom. The van der Waals surface area contributed by atoms with Gasteiger partial charge in [-0.25, -0.2) is 12.8 Å². The maximum atomic E-state index is 12.8. The van der Waals surface area contributed by atoms with Gasteiger partial charge in [-0.3, -0.25) is 4.79 Å². The van der Waals surface area contributed by atoms with E-state index in [9.17, 15) is 17.6 Å². The van der Waals surface area contributed by atoms with E-state index in [2.05, 4.69) is 4.72 Å². The highest BCUT2D eigenvalue weighted by atomic mass is 35.5. The standard InChI is InChI=1S/C15H13ClFNO4S/c16-12-3-1-2-11(8-12)10-22-15(19)9-18-23(20,21)14-6-4-13(17)5-7-14/h1-8,18H,9-10H2. The Kier molecular flexibility index (Phi) is 5.70. The van der Waals surface area contributed by atoms with E-state index < -0.39 is 28.4 Å². The number of nitrogens with one attached hydrogen (secondary N) is 1. The fourth-order valence-electron chi connectivity index (χ4n) is 1.69. The molecule has 0 bridgehead atoms. The quantitative estimate of drug-likeness (QED) is 0.806. The molecule has 0 saturated carbocycles. The molecule has 23 heavy (non-hydrogen) atoms. The minimum absolute atomic E-state index is 0.0162. The molecular formula is C15H13ClFNO4S. The summed E-state index contributed by atoms with van der Waals surface area (Å²) in [7, 11) is -3.90. The molecule has 0 aliphatic rings. The van der Waals surface area contributed by atoms with Gasteiger partial charge in [0.2, 0.25) is 10.0 Å². The molecule has 0 heterocycles. The molecule has 0 atom stereocenters. The molecule has 0 spiro atoms. The van der Waals surface area contributed by atoms with Gasteiger partial charge in [-0.1, -0.05) is 23.7 Å². The van der Waals surface area contributed by atoms with Crippen LogP contribution >= 0.6 is 11.6 Å². The van der Waals surface area contributed by atoms with Crippen LogP contribution in [0.1, 0.15) is 5.56 Å². The average Bonchev–Trinajstić information content (AvgIpc) is 2.51. The predicted molar refractivity (Wildman–Crippen MR) is 82.8 cm³/mol. The van der Waals surface area contributed by atoms with E-state index in [0.717, 1.165) is 24.3 Å². The van der Waals surface area contributed by atoms with Crippen LogP contribution in [0.5, 0.6) is 0 Å². The van der Waals surface area contributed by atoms with Crippen molar-refractivity contribution in [2.24, 2.45) is 0 Å². The molecule has 0 aliphatic heterocycles. The second-order valence-corrected chi connectivity index (χ2v) is 6.77. The molecule has 0 saturated heterocycles. The lowest BCUT2D eigenvalue weighted by Gasteiger charge is -2.08. The van der Waals surface area contributed by atoms with Crippen LogP contribution < -0.4 is 4.72 Å². The Balaban J connectivity index is 1.87. The molecule has 2 aromatic carbocycles. The average molecular weight is 358 g/mol. The van der Waals surface area contributed by atoms with Crippen molar-refractivity contribution >= 4 is 27.6 Å². The summed E-state index contributed by atoms with van der Waals surface area (Å²) in [5, 5.41) is 0.510. The number of benzene rings is 2. The summed E-state index contributed by atoms with van der Waals surface area (Å²) >= 11 is 5.80. The van der Waals surface area contributed by atoms with Crippen LogP contribution in [-0.4, -0.2) is 20.9 Å². The first kappa shape index (κ1) is 17.4. The lowest BCUT2D eigenvalue weighted by Crippen LogP contribution is -2.30. The zero-order valence-corrected chi connectivity index (χ0v) is 13.4. The second kappa shape index (κ2) is 7.54. The van der Waals surface area contributed by atoms with Gasteiger partial charge in [-0.05, 0) is 42.0 Å². The summed E-state index contributed by atoms with van der Waals surface area (Å²) < 4.78 is 43.6. The number of ether oxygens (including phenoxy) is 1. The number of rotatable bonds is 6. The van der Waals surface area contributed by atoms with Crippen molar-refractivity contribution in [1.29, 1.82) is 0 Å². The SMILES string of the molecule is O=C(CNS(=O)(=O)c1ccc(F)cc1)OCc1cccc(Cl)c1. The topological polar surface area (TPSA) is 72.5 Å². The monoisotopic (exact) mass is 357 g/mol. The maximum absolute atomic E-state index is 12.8. The summed E-state index contributed by atoms with van der Waals surface area (Å²) in [6.45, 7) is -0.544. The van der Waals surface area contributed by atoms with Gasteiger partial charge in [0.15, 0.2) is 0 Å². The van der Waals surface area contributed by atoms with Gasteiger partial charge in [-0.15, -0.1) is 0 Å². The molecule has 5 nitrogen and oxygen atoms in total. The number of carbonyl (C=O) groups excluding carboxylic acids is 1. The highest BCUT2D eigenvalue weighted by molar-refractivity contribution is 7.89. The normalized spacial score (nSPS) is 11.2. The van der Waals surface area contributed by atoms with Crippen LogP contribution in [-0.2, 0) is 26.2 Å². The molecule has 2 rings (SSSR count). The van der Waals surface area contributed by atoms with E-state index in [-0.39, 0.29) is 11.5 Å². The molecule has 8 heteroatoms. The zero-order valence-electron chi connectivity index (χ0n) is 11.8. The number of sulfonamides is 1. The molecule has 2 aromatic rings. The second-order valence-electron chi connectivity index (χ2n) is 4.57. The van der Waals surface area contributed by atoms with Crippen molar-refractivity contribution in [3.63, 3.8) is 0 Å². The Labute approximate surface area is 138 Å². The van der Waals surface area contributed by atoms with Crippen molar-refractivity contribution < 1.29 is 22.3 Å². The Bertz CT molecular complexity index is 793. The number of esters is 1. The highest BCUT2D eigenvalue weighted by Gasteiger charge is 2.16. The van der Waals surface area contributed by atoms with Crippen LogP contribution in [0.4, 0.5) is 4.39 Å². The predicted octanol–water partition coefficient (Wildman–Crippen LogP) is 2.50. The fourth-order valence-corrected chi connectivity index (χ4v) is 2.87. The molecule has 0 unspecified atom stereocenters. The first-order valence-electron chi connectivity index (χ1n) is 6.52. The van der Waals surface area contributed by atoms with Gasteiger partial charge in [-0.2, -0.15) is 4.72 Å². The van der Waals surface area contributed by atoms with Gasteiger partial charge in [0, 0.05) is 5.02 Å². The Morgan fingerprint density at radius 3 is 2.52 bits per heavy atom. The van der Waals surface area contributed by atoms with Gasteiger partial charge in [0.25, 0.3) is 0 Å². The minimum Gasteiger partial charge on any atom is -0.460 e. The summed E-state index contributed by atoms with van der Waals surface area (Å²) in [4.78, 5) is 11.5. The van der Waals surface area contributed by atoms with E-state index in [4.69, 9.17) is 16.3 Å². The molecule has 0 radical (unpaired) electrons. The van der Waals surface area contributed by atoms with Crippen LogP contribution in [0, 0.1) is 5.82 Å². The van der Waals surface area contributed by atoms with Crippen LogP contribution in [0.3, 0.4) is 0 Å². The Morgan fingerprint density at radius 2 is 1.87 bits per heavy atom. The summed E-state index contributed by atoms with van der Waals surface area (Å²) in [5.74, 6) is -1.29. The summed E-state index contributed by atoms with van der Waals surface area (Å²) in [6.07, 6.45) is 0. The van der Waals surface area contributed by atoms with E-state index in [1.54, 1.807) is 24.3 Å². The van der Waals surface area contributed by atoms with E-state index in [0.29, 0.717) is 10.6 Å². The third-order valence-electron chi connectivity index (χ3n) is 2.82. The lowest BCUT2D eigenvalue weighted by atomic mass is 10.2. The van der Waals surface area contributed by atoms with Crippen LogP contribution in [0.25, 0.3) is 0 Å². The first-order valence-corrected chi connectivity index (χ1v) is 8.38. The lowest BCUT2D eigenvalue weighted by molar-refractivity contribution is -0.143. The number of hydrogen-bond donors (Lipinski definition) is 1. The number of hydrogen-bond acceptors (Lipinski definition) is 4. The zero-order chi connectivity index (χ0) is 16.9. The summed E-state index contributed by atoms with van der Waals surface area (Å²) in [6, 6.07) is 11.0. The molecule has 122 valence electrons. The van der Waals surface area contributed by atoms with Crippen LogP contribution in [0.15, 0.2) is 53.4 Å². The molecular weight excluding hydrogens is 345 g/mol. The maximum Gasteiger partial charge on any atom is 0.321 e. The van der Waals surface area contributed by atoms with Gasteiger partial charge in [0.05, 0.1) is 4.90 Å². The summed E-state index contributed by atoms with van der Waals surface area (Å²) in [5.41, 5.74) is 0.687. The first-order chi connectivity index (χ1) is 10.9. The molecule has 1 N–H and O–H groups in total. The van der Waals surface area contributed by atoms with Gasteiger partial charge < -0.3 is 4.74 Å². The molecule has 0 aromatic heterocycles. The van der Waals surface area contributed by atoms with E-state index in [1.807, 2.05) is 0 Å². The van der Waals surface area contributed by atoms with Crippen molar-refractivity contribution in [1.82, 2.24) is 4.72 Å². The minimum atomic E-state index is -3.90. The third kappa shape index (κ3) is 5.31. The fraction of sp³-hybridized carbons (Fsp3) is 0.133. The smallest absolute Gasteiger partial charge is 0.321 e. The van der Waals surface area contributed by atoms with E-state index in [1.165, 1.54) is 0 Å². The van der Waals surface area contributed by atoms with Crippen molar-refractivity contribution in [3.05, 3.63) is 64.9 Å². The molecule has 0 amide bonds. The Hall–Kier alpha value is -1.96. The third-order valence-corrected chi connectivity index (χ3v) is 4.47. The molecule has 0 fully saturated rings. The highest BCUT2D eigenvalue weighted by Crippen LogP contribution is 2.12.